The highest BCUT2D eigenvalue weighted by molar-refractivity contribution is 4.53. The highest BCUT2D eigenvalue weighted by Crippen LogP contribution is 1.98. The summed E-state index contributed by atoms with van der Waals surface area (Å²) >= 11 is 0. The topological polar surface area (TPSA) is 34.2 Å². The smallest absolute Gasteiger partial charge is 0.0780 e. The van der Waals surface area contributed by atoms with Crippen LogP contribution in [0, 0.1) is 0 Å². The van der Waals surface area contributed by atoms with Crippen molar-refractivity contribution in [3.63, 3.8) is 0 Å². The van der Waals surface area contributed by atoms with Crippen molar-refractivity contribution in [1.29, 1.82) is 0 Å². The van der Waals surface area contributed by atoms with Crippen molar-refractivity contribution in [2.75, 3.05) is 67.7 Å². The minimum absolute atomic E-state index is 0.146. The molecule has 0 fully saturated rings. The molecule has 2 atom stereocenters. The van der Waals surface area contributed by atoms with E-state index in [1.165, 1.54) is 0 Å². The van der Waals surface area contributed by atoms with Gasteiger partial charge in [0.15, 0.2) is 0 Å². The third-order valence-corrected chi connectivity index (χ3v) is 3.01. The van der Waals surface area contributed by atoms with Crippen molar-refractivity contribution in [3.8, 4) is 0 Å². The maximum Gasteiger partial charge on any atom is 0.0780 e. The largest absolute Gasteiger partial charge is 0.376 e. The van der Waals surface area contributed by atoms with Crippen LogP contribution in [0.15, 0.2) is 0 Å². The van der Waals surface area contributed by atoms with E-state index in [0.29, 0.717) is 13.2 Å². The maximum atomic E-state index is 5.70. The molecule has 0 rings (SSSR count). The standard InChI is InChI=1S/C16H36N2O3/c1-15(20-11-7-9-17(3)4)13-19-14-16(2)21-12-8-10-18(5)6/h15-16H,7-14H2,1-6H3. The van der Waals surface area contributed by atoms with E-state index in [1.54, 1.807) is 0 Å². The second-order valence-electron chi connectivity index (χ2n) is 6.21. The first-order chi connectivity index (χ1) is 9.91. The Kier molecular flexibility index (Phi) is 13.3. The molecule has 0 spiro atoms. The average molecular weight is 304 g/mol. The zero-order valence-corrected chi connectivity index (χ0v) is 14.9. The highest BCUT2D eigenvalue weighted by Gasteiger charge is 2.06. The molecule has 0 bridgehead atoms. The van der Waals surface area contributed by atoms with Crippen LogP contribution in [0.25, 0.3) is 0 Å². The van der Waals surface area contributed by atoms with E-state index in [4.69, 9.17) is 14.2 Å². The summed E-state index contributed by atoms with van der Waals surface area (Å²) in [4.78, 5) is 4.33. The summed E-state index contributed by atoms with van der Waals surface area (Å²) in [5.74, 6) is 0. The lowest BCUT2D eigenvalue weighted by atomic mass is 10.4. The summed E-state index contributed by atoms with van der Waals surface area (Å²) in [6.45, 7) is 9.08. The predicted octanol–water partition coefficient (Wildman–Crippen LogP) is 1.72. The molecule has 0 N–H and O–H groups in total. The van der Waals surface area contributed by atoms with Crippen LogP contribution < -0.4 is 0 Å². The lowest BCUT2D eigenvalue weighted by Gasteiger charge is -2.17. The molecule has 0 aliphatic carbocycles. The van der Waals surface area contributed by atoms with Crippen molar-refractivity contribution in [1.82, 2.24) is 9.80 Å². The Morgan fingerprint density at radius 2 is 1.10 bits per heavy atom. The average Bonchev–Trinajstić information content (AvgIpc) is 2.39. The molecule has 0 aromatic heterocycles. The Morgan fingerprint density at radius 3 is 1.43 bits per heavy atom. The molecule has 0 amide bonds. The minimum atomic E-state index is 0.146. The number of ether oxygens (including phenoxy) is 3. The summed E-state index contributed by atoms with van der Waals surface area (Å²) in [5.41, 5.74) is 0. The molecule has 0 heterocycles. The number of rotatable bonds is 14. The van der Waals surface area contributed by atoms with Crippen molar-refractivity contribution >= 4 is 0 Å². The van der Waals surface area contributed by atoms with Crippen molar-refractivity contribution in [2.45, 2.75) is 38.9 Å². The van der Waals surface area contributed by atoms with E-state index < -0.39 is 0 Å². The van der Waals surface area contributed by atoms with Gasteiger partial charge in [-0.15, -0.1) is 0 Å². The molecule has 0 aromatic rings. The van der Waals surface area contributed by atoms with Crippen LogP contribution in [0.2, 0.25) is 0 Å². The van der Waals surface area contributed by atoms with Gasteiger partial charge < -0.3 is 24.0 Å². The van der Waals surface area contributed by atoms with Crippen LogP contribution in [-0.4, -0.2) is 89.7 Å². The summed E-state index contributed by atoms with van der Waals surface area (Å²) in [5, 5.41) is 0. The fourth-order valence-corrected chi connectivity index (χ4v) is 1.83. The zero-order valence-electron chi connectivity index (χ0n) is 14.9. The van der Waals surface area contributed by atoms with Gasteiger partial charge in [0, 0.05) is 13.2 Å². The fraction of sp³-hybridized carbons (Fsp3) is 1.00. The van der Waals surface area contributed by atoms with Gasteiger partial charge in [0.25, 0.3) is 0 Å². The molecular weight excluding hydrogens is 268 g/mol. The molecule has 5 nitrogen and oxygen atoms in total. The Hall–Kier alpha value is -0.200. The first-order valence-electron chi connectivity index (χ1n) is 8.02. The van der Waals surface area contributed by atoms with Crippen LogP contribution in [0.1, 0.15) is 26.7 Å². The summed E-state index contributed by atoms with van der Waals surface area (Å²) in [7, 11) is 8.30. The summed E-state index contributed by atoms with van der Waals surface area (Å²) < 4.78 is 17.0. The third kappa shape index (κ3) is 16.0. The van der Waals surface area contributed by atoms with Crippen molar-refractivity contribution < 1.29 is 14.2 Å². The van der Waals surface area contributed by atoms with Gasteiger partial charge in [-0.05, 0) is 68.0 Å². The predicted molar refractivity (Wildman–Crippen MR) is 88.0 cm³/mol. The second-order valence-corrected chi connectivity index (χ2v) is 6.21. The van der Waals surface area contributed by atoms with Gasteiger partial charge in [0.05, 0.1) is 25.4 Å². The fourth-order valence-electron chi connectivity index (χ4n) is 1.83. The first-order valence-corrected chi connectivity index (χ1v) is 8.02. The summed E-state index contributed by atoms with van der Waals surface area (Å²) in [6.07, 6.45) is 2.41. The Morgan fingerprint density at radius 1 is 0.714 bits per heavy atom. The first kappa shape index (κ1) is 20.8. The van der Waals surface area contributed by atoms with Crippen LogP contribution in [-0.2, 0) is 14.2 Å². The van der Waals surface area contributed by atoms with Crippen LogP contribution in [0.5, 0.6) is 0 Å². The van der Waals surface area contributed by atoms with E-state index in [0.717, 1.165) is 39.1 Å². The van der Waals surface area contributed by atoms with E-state index >= 15 is 0 Å². The van der Waals surface area contributed by atoms with Gasteiger partial charge in [-0.1, -0.05) is 0 Å². The van der Waals surface area contributed by atoms with Gasteiger partial charge in [-0.3, -0.25) is 0 Å². The zero-order chi connectivity index (χ0) is 16.1. The molecule has 0 saturated heterocycles. The molecular formula is C16H36N2O3. The molecule has 0 saturated carbocycles. The van der Waals surface area contributed by atoms with Crippen LogP contribution in [0.4, 0.5) is 0 Å². The van der Waals surface area contributed by atoms with Gasteiger partial charge in [0.2, 0.25) is 0 Å². The van der Waals surface area contributed by atoms with Crippen molar-refractivity contribution in [3.05, 3.63) is 0 Å². The van der Waals surface area contributed by atoms with Crippen molar-refractivity contribution in [2.24, 2.45) is 0 Å². The molecule has 2 unspecified atom stereocenters. The van der Waals surface area contributed by atoms with E-state index in [9.17, 15) is 0 Å². The molecule has 0 aliphatic rings. The molecule has 0 radical (unpaired) electrons. The Bertz CT molecular complexity index is 204. The number of hydrogen-bond acceptors (Lipinski definition) is 5. The quantitative estimate of drug-likeness (QED) is 0.457. The number of nitrogens with zero attached hydrogens (tertiary/aromatic N) is 2. The lowest BCUT2D eigenvalue weighted by molar-refractivity contribution is -0.0482. The monoisotopic (exact) mass is 304 g/mol. The number of hydrogen-bond donors (Lipinski definition) is 0. The SMILES string of the molecule is CC(COCC(C)OCCCN(C)C)OCCCN(C)C. The Balaban J connectivity index is 3.38. The van der Waals surface area contributed by atoms with E-state index in [-0.39, 0.29) is 12.2 Å². The molecule has 5 heteroatoms. The maximum absolute atomic E-state index is 5.70. The highest BCUT2D eigenvalue weighted by atomic mass is 16.6. The molecule has 0 aliphatic heterocycles. The van der Waals surface area contributed by atoms with Gasteiger partial charge in [-0.25, -0.2) is 0 Å². The molecule has 21 heavy (non-hydrogen) atoms. The van der Waals surface area contributed by atoms with Crippen LogP contribution in [0.3, 0.4) is 0 Å². The Labute approximate surface area is 131 Å². The lowest BCUT2D eigenvalue weighted by Crippen LogP contribution is -2.24. The summed E-state index contributed by atoms with van der Waals surface area (Å²) in [6, 6.07) is 0. The van der Waals surface area contributed by atoms with E-state index in [1.807, 2.05) is 0 Å². The van der Waals surface area contributed by atoms with E-state index in [2.05, 4.69) is 51.8 Å². The van der Waals surface area contributed by atoms with Crippen LogP contribution >= 0.6 is 0 Å². The minimum Gasteiger partial charge on any atom is -0.376 e. The molecule has 128 valence electrons. The van der Waals surface area contributed by atoms with Gasteiger partial charge in [-0.2, -0.15) is 0 Å². The molecule has 0 aromatic carbocycles. The van der Waals surface area contributed by atoms with Gasteiger partial charge >= 0.3 is 0 Å². The van der Waals surface area contributed by atoms with Gasteiger partial charge in [0.1, 0.15) is 0 Å². The second kappa shape index (κ2) is 13.5. The third-order valence-electron chi connectivity index (χ3n) is 3.01. The normalized spacial score (nSPS) is 14.9.